The number of aliphatic imine (C=N–C) groups is 1. The third kappa shape index (κ3) is 1.06. The maximum atomic E-state index is 11.9. The first-order chi connectivity index (χ1) is 7.27. The summed E-state index contributed by atoms with van der Waals surface area (Å²) in [4.78, 5) is 17.9. The van der Waals surface area contributed by atoms with Crippen LogP contribution < -0.4 is 4.90 Å². The van der Waals surface area contributed by atoms with E-state index in [0.29, 0.717) is 6.54 Å². The molecule has 2 heterocycles. The molecule has 3 heteroatoms. The average Bonchev–Trinajstić information content (AvgIpc) is 2.55. The Morgan fingerprint density at radius 1 is 1.33 bits per heavy atom. The lowest BCUT2D eigenvalue weighted by atomic mass is 10.1. The number of benzene rings is 1. The number of hydrogen-bond acceptors (Lipinski definition) is 2. The SMILES string of the molecule is CC1=CC2=NCc3ccccc3N2C1=O. The van der Waals surface area contributed by atoms with Crippen LogP contribution in [0.1, 0.15) is 12.5 Å². The van der Waals surface area contributed by atoms with Gasteiger partial charge in [-0.15, -0.1) is 0 Å². The van der Waals surface area contributed by atoms with E-state index >= 15 is 0 Å². The van der Waals surface area contributed by atoms with E-state index in [4.69, 9.17) is 0 Å². The van der Waals surface area contributed by atoms with Crippen LogP contribution in [0.2, 0.25) is 0 Å². The van der Waals surface area contributed by atoms with Crippen LogP contribution in [0.5, 0.6) is 0 Å². The van der Waals surface area contributed by atoms with Crippen molar-refractivity contribution in [2.24, 2.45) is 4.99 Å². The Morgan fingerprint density at radius 2 is 2.13 bits per heavy atom. The Labute approximate surface area is 87.7 Å². The van der Waals surface area contributed by atoms with Gasteiger partial charge in [-0.1, -0.05) is 18.2 Å². The van der Waals surface area contributed by atoms with E-state index in [1.165, 1.54) is 0 Å². The van der Waals surface area contributed by atoms with Crippen molar-refractivity contribution < 1.29 is 4.79 Å². The zero-order chi connectivity index (χ0) is 10.4. The van der Waals surface area contributed by atoms with Crippen molar-refractivity contribution in [3.63, 3.8) is 0 Å². The molecule has 2 aliphatic heterocycles. The highest BCUT2D eigenvalue weighted by molar-refractivity contribution is 6.32. The fraction of sp³-hybridized carbons (Fsp3) is 0.167. The van der Waals surface area contributed by atoms with E-state index in [0.717, 1.165) is 22.7 Å². The third-order valence-corrected chi connectivity index (χ3v) is 2.76. The fourth-order valence-corrected chi connectivity index (χ4v) is 1.98. The van der Waals surface area contributed by atoms with Gasteiger partial charge in [0.25, 0.3) is 5.91 Å². The highest BCUT2D eigenvalue weighted by Gasteiger charge is 2.31. The topological polar surface area (TPSA) is 32.7 Å². The number of carbonyl (C=O) groups excluding carboxylic acids is 1. The second-order valence-corrected chi connectivity index (χ2v) is 3.77. The first-order valence-corrected chi connectivity index (χ1v) is 4.92. The van der Waals surface area contributed by atoms with Crippen molar-refractivity contribution in [1.82, 2.24) is 0 Å². The Hall–Kier alpha value is -1.90. The maximum Gasteiger partial charge on any atom is 0.259 e. The van der Waals surface area contributed by atoms with Gasteiger partial charge in [0.05, 0.1) is 12.2 Å². The van der Waals surface area contributed by atoms with E-state index in [1.807, 2.05) is 37.3 Å². The quantitative estimate of drug-likeness (QED) is 0.626. The Kier molecular flexibility index (Phi) is 1.57. The van der Waals surface area contributed by atoms with E-state index in [2.05, 4.69) is 4.99 Å². The van der Waals surface area contributed by atoms with Crippen LogP contribution in [0.25, 0.3) is 0 Å². The lowest BCUT2D eigenvalue weighted by Crippen LogP contribution is -2.33. The molecule has 0 N–H and O–H groups in total. The van der Waals surface area contributed by atoms with Gasteiger partial charge in [0, 0.05) is 5.57 Å². The third-order valence-electron chi connectivity index (χ3n) is 2.76. The molecule has 2 aliphatic rings. The minimum Gasteiger partial charge on any atom is -0.269 e. The van der Waals surface area contributed by atoms with Crippen molar-refractivity contribution in [2.45, 2.75) is 13.5 Å². The summed E-state index contributed by atoms with van der Waals surface area (Å²) < 4.78 is 0. The van der Waals surface area contributed by atoms with E-state index in [1.54, 1.807) is 4.90 Å². The van der Waals surface area contributed by atoms with Gasteiger partial charge in [-0.2, -0.15) is 0 Å². The molecule has 0 fully saturated rings. The highest BCUT2D eigenvalue weighted by Crippen LogP contribution is 2.30. The van der Waals surface area contributed by atoms with Gasteiger partial charge in [-0.05, 0) is 24.6 Å². The van der Waals surface area contributed by atoms with Gasteiger partial charge in [-0.3, -0.25) is 14.7 Å². The fourth-order valence-electron chi connectivity index (χ4n) is 1.98. The molecule has 0 radical (unpaired) electrons. The predicted octanol–water partition coefficient (Wildman–Crippen LogP) is 1.89. The lowest BCUT2D eigenvalue weighted by Gasteiger charge is -2.24. The summed E-state index contributed by atoms with van der Waals surface area (Å²) in [7, 11) is 0. The van der Waals surface area contributed by atoms with Crippen molar-refractivity contribution in [3.05, 3.63) is 41.5 Å². The average molecular weight is 198 g/mol. The number of para-hydroxylation sites is 1. The van der Waals surface area contributed by atoms with E-state index in [9.17, 15) is 4.79 Å². The molecule has 3 nitrogen and oxygen atoms in total. The van der Waals surface area contributed by atoms with Gasteiger partial charge in [-0.25, -0.2) is 0 Å². The number of carbonyl (C=O) groups is 1. The smallest absolute Gasteiger partial charge is 0.259 e. The molecule has 3 rings (SSSR count). The zero-order valence-corrected chi connectivity index (χ0v) is 8.40. The number of hydrogen-bond donors (Lipinski definition) is 0. The van der Waals surface area contributed by atoms with Crippen molar-refractivity contribution in [1.29, 1.82) is 0 Å². The van der Waals surface area contributed by atoms with Gasteiger partial charge < -0.3 is 0 Å². The normalized spacial score (nSPS) is 18.2. The van der Waals surface area contributed by atoms with Crippen LogP contribution in [0.3, 0.4) is 0 Å². The molecule has 1 aromatic rings. The molecular weight excluding hydrogens is 188 g/mol. The van der Waals surface area contributed by atoms with E-state index in [-0.39, 0.29) is 5.91 Å². The molecule has 0 saturated carbocycles. The number of fused-ring (bicyclic) bond motifs is 3. The monoisotopic (exact) mass is 198 g/mol. The van der Waals surface area contributed by atoms with Crippen LogP contribution in [-0.4, -0.2) is 11.7 Å². The molecule has 0 aliphatic carbocycles. The van der Waals surface area contributed by atoms with Gasteiger partial charge in [0.15, 0.2) is 0 Å². The van der Waals surface area contributed by atoms with Crippen molar-refractivity contribution in [2.75, 3.05) is 4.90 Å². The number of amides is 1. The summed E-state index contributed by atoms with van der Waals surface area (Å²) in [5.41, 5.74) is 2.84. The minimum absolute atomic E-state index is 0.0425. The van der Waals surface area contributed by atoms with Gasteiger partial charge in [0.2, 0.25) is 0 Å². The molecular formula is C12H10N2O. The molecule has 0 atom stereocenters. The van der Waals surface area contributed by atoms with E-state index < -0.39 is 0 Å². The van der Waals surface area contributed by atoms with Crippen LogP contribution >= 0.6 is 0 Å². The summed E-state index contributed by atoms with van der Waals surface area (Å²) >= 11 is 0. The summed E-state index contributed by atoms with van der Waals surface area (Å²) in [6, 6.07) is 7.90. The van der Waals surface area contributed by atoms with Crippen LogP contribution in [0, 0.1) is 0 Å². The summed E-state index contributed by atoms with van der Waals surface area (Å²) in [5, 5.41) is 0. The zero-order valence-electron chi connectivity index (χ0n) is 8.40. The Morgan fingerprint density at radius 3 is 3.00 bits per heavy atom. The highest BCUT2D eigenvalue weighted by atomic mass is 16.2. The van der Waals surface area contributed by atoms with Crippen LogP contribution in [0.15, 0.2) is 40.9 Å². The second kappa shape index (κ2) is 2.79. The lowest BCUT2D eigenvalue weighted by molar-refractivity contribution is -0.113. The predicted molar refractivity (Wildman–Crippen MR) is 58.8 cm³/mol. The first-order valence-electron chi connectivity index (χ1n) is 4.92. The first kappa shape index (κ1) is 8.41. The Bertz CT molecular complexity index is 514. The van der Waals surface area contributed by atoms with Crippen molar-refractivity contribution >= 4 is 17.4 Å². The molecule has 15 heavy (non-hydrogen) atoms. The molecule has 74 valence electrons. The Balaban J connectivity index is 2.18. The largest absolute Gasteiger partial charge is 0.269 e. The number of anilines is 1. The molecule has 1 amide bonds. The summed E-state index contributed by atoms with van der Waals surface area (Å²) in [6.45, 7) is 2.49. The van der Waals surface area contributed by atoms with Crippen LogP contribution in [0.4, 0.5) is 5.69 Å². The van der Waals surface area contributed by atoms with Crippen LogP contribution in [-0.2, 0) is 11.3 Å². The number of rotatable bonds is 0. The molecule has 0 spiro atoms. The second-order valence-electron chi connectivity index (χ2n) is 3.77. The van der Waals surface area contributed by atoms with Crippen molar-refractivity contribution in [3.8, 4) is 0 Å². The number of amidine groups is 1. The molecule has 0 aromatic heterocycles. The molecule has 0 unspecified atom stereocenters. The van der Waals surface area contributed by atoms with Gasteiger partial charge >= 0.3 is 0 Å². The van der Waals surface area contributed by atoms with Gasteiger partial charge in [0.1, 0.15) is 5.84 Å². The number of nitrogens with zero attached hydrogens (tertiary/aromatic N) is 2. The minimum atomic E-state index is 0.0425. The maximum absolute atomic E-state index is 11.9. The standard InChI is InChI=1S/C12H10N2O/c1-8-6-11-13-7-9-4-2-3-5-10(9)14(11)12(8)15/h2-6H,7H2,1H3. The molecule has 0 bridgehead atoms. The molecule has 0 saturated heterocycles. The summed E-state index contributed by atoms with van der Waals surface area (Å²) in [6.07, 6.45) is 1.85. The molecule has 1 aromatic carbocycles. The summed E-state index contributed by atoms with van der Waals surface area (Å²) in [5.74, 6) is 0.817.